The van der Waals surface area contributed by atoms with Crippen LogP contribution in [0.25, 0.3) is 10.8 Å². The molecule has 2 aliphatic rings. The maximum atomic E-state index is 13.0. The van der Waals surface area contributed by atoms with Crippen LogP contribution in [0.15, 0.2) is 42.5 Å². The average molecular weight is 351 g/mol. The van der Waals surface area contributed by atoms with Gasteiger partial charge in [0.05, 0.1) is 0 Å². The van der Waals surface area contributed by atoms with Crippen LogP contribution in [0.4, 0.5) is 4.79 Å². The Morgan fingerprint density at radius 3 is 2.69 bits per heavy atom. The lowest BCUT2D eigenvalue weighted by Gasteiger charge is -2.24. The summed E-state index contributed by atoms with van der Waals surface area (Å²) in [5.74, 6) is -0.161. The first-order valence-electron chi connectivity index (χ1n) is 8.88. The van der Waals surface area contributed by atoms with Crippen LogP contribution in [-0.4, -0.2) is 35.8 Å². The molecule has 2 aromatic carbocycles. The summed E-state index contributed by atoms with van der Waals surface area (Å²) in [7, 11) is 0. The highest BCUT2D eigenvalue weighted by molar-refractivity contribution is 6.10. The average Bonchev–Trinajstić information content (AvgIpc) is 3.44. The summed E-state index contributed by atoms with van der Waals surface area (Å²) in [6.45, 7) is 2.05. The first-order chi connectivity index (χ1) is 12.5. The molecule has 0 bridgehead atoms. The molecule has 1 unspecified atom stereocenters. The summed E-state index contributed by atoms with van der Waals surface area (Å²) in [6, 6.07) is 12.9. The predicted molar refractivity (Wildman–Crippen MR) is 97.3 cm³/mol. The first kappa shape index (κ1) is 16.6. The molecule has 1 heterocycles. The third kappa shape index (κ3) is 2.81. The molecule has 1 aliphatic heterocycles. The fourth-order valence-corrected chi connectivity index (χ4v) is 3.46. The van der Waals surface area contributed by atoms with E-state index < -0.39 is 17.5 Å². The Morgan fingerprint density at radius 2 is 1.92 bits per heavy atom. The van der Waals surface area contributed by atoms with E-state index in [0.717, 1.165) is 34.1 Å². The number of hydrogen-bond acceptors (Lipinski definition) is 3. The first-order valence-corrected chi connectivity index (χ1v) is 8.88. The van der Waals surface area contributed by atoms with Crippen molar-refractivity contribution in [3.8, 4) is 0 Å². The highest BCUT2D eigenvalue weighted by Gasteiger charge is 2.50. The van der Waals surface area contributed by atoms with E-state index >= 15 is 0 Å². The smallest absolute Gasteiger partial charge is 0.325 e. The van der Waals surface area contributed by atoms with Crippen molar-refractivity contribution in [3.63, 3.8) is 0 Å². The van der Waals surface area contributed by atoms with E-state index in [1.807, 2.05) is 42.5 Å². The molecular formula is C20H21N3O3. The molecule has 0 radical (unpaired) electrons. The minimum atomic E-state index is -1.19. The van der Waals surface area contributed by atoms with Crippen molar-refractivity contribution in [1.82, 2.24) is 15.5 Å². The van der Waals surface area contributed by atoms with Gasteiger partial charge in [-0.05, 0) is 42.0 Å². The van der Waals surface area contributed by atoms with Crippen LogP contribution in [-0.2, 0) is 15.1 Å². The topological polar surface area (TPSA) is 78.5 Å². The number of nitrogens with zero attached hydrogens (tertiary/aromatic N) is 1. The van der Waals surface area contributed by atoms with Gasteiger partial charge in [0.2, 0.25) is 5.91 Å². The molecule has 134 valence electrons. The van der Waals surface area contributed by atoms with Gasteiger partial charge in [-0.2, -0.15) is 0 Å². The molecule has 6 heteroatoms. The minimum absolute atomic E-state index is 0.252. The zero-order valence-electron chi connectivity index (χ0n) is 14.6. The van der Waals surface area contributed by atoms with Gasteiger partial charge in [-0.3, -0.25) is 14.5 Å². The van der Waals surface area contributed by atoms with E-state index in [9.17, 15) is 14.4 Å². The Bertz CT molecular complexity index is 901. The van der Waals surface area contributed by atoms with Gasteiger partial charge in [-0.1, -0.05) is 42.5 Å². The molecule has 1 saturated heterocycles. The van der Waals surface area contributed by atoms with Gasteiger partial charge in [-0.25, -0.2) is 4.79 Å². The molecule has 2 fully saturated rings. The molecule has 26 heavy (non-hydrogen) atoms. The van der Waals surface area contributed by atoms with Gasteiger partial charge < -0.3 is 10.6 Å². The molecule has 1 saturated carbocycles. The Labute approximate surface area is 151 Å². The van der Waals surface area contributed by atoms with Gasteiger partial charge in [0.1, 0.15) is 12.1 Å². The van der Waals surface area contributed by atoms with Crippen molar-refractivity contribution in [2.45, 2.75) is 25.3 Å². The van der Waals surface area contributed by atoms with Gasteiger partial charge in [0, 0.05) is 6.54 Å². The third-order valence-corrected chi connectivity index (χ3v) is 5.19. The molecule has 1 atom stereocenters. The van der Waals surface area contributed by atoms with Crippen molar-refractivity contribution < 1.29 is 14.4 Å². The van der Waals surface area contributed by atoms with Gasteiger partial charge in [0.15, 0.2) is 0 Å². The van der Waals surface area contributed by atoms with Crippen LogP contribution >= 0.6 is 0 Å². The zero-order chi connectivity index (χ0) is 18.3. The van der Waals surface area contributed by atoms with Crippen molar-refractivity contribution >= 4 is 28.6 Å². The number of amides is 4. The third-order valence-electron chi connectivity index (χ3n) is 5.19. The van der Waals surface area contributed by atoms with Crippen LogP contribution < -0.4 is 10.6 Å². The Hall–Kier alpha value is -2.89. The number of imide groups is 1. The molecule has 0 spiro atoms. The van der Waals surface area contributed by atoms with Crippen LogP contribution in [0.5, 0.6) is 0 Å². The molecule has 1 aliphatic carbocycles. The summed E-state index contributed by atoms with van der Waals surface area (Å²) in [6.07, 6.45) is 2.26. The lowest BCUT2D eigenvalue weighted by Crippen LogP contribution is -2.43. The van der Waals surface area contributed by atoms with Crippen molar-refractivity contribution in [1.29, 1.82) is 0 Å². The highest BCUT2D eigenvalue weighted by Crippen LogP contribution is 2.33. The lowest BCUT2D eigenvalue weighted by molar-refractivity contribution is -0.134. The van der Waals surface area contributed by atoms with Crippen LogP contribution in [0.2, 0.25) is 0 Å². The van der Waals surface area contributed by atoms with E-state index in [0.29, 0.717) is 12.5 Å². The number of fused-ring (bicyclic) bond motifs is 1. The molecule has 2 N–H and O–H groups in total. The van der Waals surface area contributed by atoms with E-state index in [1.165, 1.54) is 0 Å². The summed E-state index contributed by atoms with van der Waals surface area (Å²) >= 11 is 0. The van der Waals surface area contributed by atoms with Crippen molar-refractivity contribution in [2.24, 2.45) is 5.92 Å². The SMILES string of the molecule is CC1(c2cccc3ccccc23)NC(=O)N(CC(=O)NCC2CC2)C1=O. The van der Waals surface area contributed by atoms with Gasteiger partial charge in [-0.15, -0.1) is 0 Å². The number of rotatable bonds is 5. The summed E-state index contributed by atoms with van der Waals surface area (Å²) in [4.78, 5) is 38.5. The quantitative estimate of drug-likeness (QED) is 0.810. The Morgan fingerprint density at radius 1 is 1.19 bits per heavy atom. The number of benzene rings is 2. The largest absolute Gasteiger partial charge is 0.354 e. The van der Waals surface area contributed by atoms with Crippen LogP contribution in [0.1, 0.15) is 25.3 Å². The second-order valence-electron chi connectivity index (χ2n) is 7.22. The molecule has 0 aromatic heterocycles. The number of carbonyl (C=O) groups excluding carboxylic acids is 3. The number of carbonyl (C=O) groups is 3. The normalized spacial score (nSPS) is 22.6. The molecular weight excluding hydrogens is 330 g/mol. The Balaban J connectivity index is 1.59. The zero-order valence-corrected chi connectivity index (χ0v) is 14.6. The van der Waals surface area contributed by atoms with E-state index in [-0.39, 0.29) is 12.5 Å². The molecule has 4 amide bonds. The van der Waals surface area contributed by atoms with Crippen LogP contribution in [0, 0.1) is 5.92 Å². The summed E-state index contributed by atoms with van der Waals surface area (Å²) in [5.41, 5.74) is -0.454. The fourth-order valence-electron chi connectivity index (χ4n) is 3.46. The minimum Gasteiger partial charge on any atom is -0.354 e. The molecule has 4 rings (SSSR count). The maximum absolute atomic E-state index is 13.0. The lowest BCUT2D eigenvalue weighted by atomic mass is 9.88. The Kier molecular flexibility index (Phi) is 3.90. The van der Waals surface area contributed by atoms with Crippen LogP contribution in [0.3, 0.4) is 0 Å². The number of nitrogens with one attached hydrogen (secondary N) is 2. The molecule has 6 nitrogen and oxygen atoms in total. The number of urea groups is 1. The monoisotopic (exact) mass is 351 g/mol. The van der Waals surface area contributed by atoms with E-state index in [2.05, 4.69) is 10.6 Å². The number of hydrogen-bond donors (Lipinski definition) is 2. The summed E-state index contributed by atoms with van der Waals surface area (Å²) < 4.78 is 0. The maximum Gasteiger partial charge on any atom is 0.325 e. The second-order valence-corrected chi connectivity index (χ2v) is 7.22. The second kappa shape index (κ2) is 6.12. The van der Waals surface area contributed by atoms with Gasteiger partial charge in [0.25, 0.3) is 5.91 Å². The molecule has 2 aromatic rings. The van der Waals surface area contributed by atoms with Crippen molar-refractivity contribution in [2.75, 3.05) is 13.1 Å². The highest BCUT2D eigenvalue weighted by atomic mass is 16.2. The van der Waals surface area contributed by atoms with Gasteiger partial charge >= 0.3 is 6.03 Å². The van der Waals surface area contributed by atoms with E-state index in [1.54, 1.807) is 6.92 Å². The van der Waals surface area contributed by atoms with E-state index in [4.69, 9.17) is 0 Å². The van der Waals surface area contributed by atoms with Crippen molar-refractivity contribution in [3.05, 3.63) is 48.0 Å². The fraction of sp³-hybridized carbons (Fsp3) is 0.350. The summed E-state index contributed by atoms with van der Waals surface area (Å²) in [5, 5.41) is 7.48. The predicted octanol–water partition coefficient (Wildman–Crippen LogP) is 2.13. The standard InChI is InChI=1S/C20H21N3O3/c1-20(16-8-4-6-14-5-2-3-7-15(14)16)18(25)23(19(26)22-20)12-17(24)21-11-13-9-10-13/h2-8,13H,9-12H2,1H3,(H,21,24)(H,22,26).